The van der Waals surface area contributed by atoms with Crippen molar-refractivity contribution in [3.63, 3.8) is 0 Å². The van der Waals surface area contributed by atoms with E-state index in [9.17, 15) is 13.7 Å². The molecule has 2 aromatic carbocycles. The van der Waals surface area contributed by atoms with Crippen molar-refractivity contribution in [3.05, 3.63) is 72.4 Å². The Labute approximate surface area is 222 Å². The predicted octanol–water partition coefficient (Wildman–Crippen LogP) is 5.80. The Kier molecular flexibility index (Phi) is 6.07. The van der Waals surface area contributed by atoms with Gasteiger partial charge in [-0.25, -0.2) is 13.4 Å². The van der Waals surface area contributed by atoms with E-state index in [-0.39, 0.29) is 16.9 Å². The number of rotatable bonds is 7. The minimum atomic E-state index is -3.30. The highest BCUT2D eigenvalue weighted by atomic mass is 32.2. The molecule has 38 heavy (non-hydrogen) atoms. The molecule has 2 aliphatic carbocycles. The van der Waals surface area contributed by atoms with E-state index in [1.807, 2.05) is 41.1 Å². The Balaban J connectivity index is 1.40. The molecule has 2 aliphatic rings. The average Bonchev–Trinajstić information content (AvgIpc) is 3.58. The van der Waals surface area contributed by atoms with Gasteiger partial charge in [-0.3, -0.25) is 4.68 Å². The lowest BCUT2D eigenvalue weighted by Gasteiger charge is -2.33. The standard InChI is InChI=1S/C29H29N5O3S/c1-38(35,36)23-9-7-22(8-10-23)32-27-26-25(12-16-31-28(26)37-19-20-5-3-2-4-6-20)34(33-27)24-11-13-29(14-15-29)17-21(24)18-30/h2-10,12,16,21,24H,11,13-15,17,19H2,1H3,(H,32,33)/t21-,24+/m1/s1. The molecule has 0 bridgehead atoms. The first kappa shape index (κ1) is 24.4. The quantitative estimate of drug-likeness (QED) is 0.323. The van der Waals surface area contributed by atoms with Gasteiger partial charge in [0.25, 0.3) is 0 Å². The van der Waals surface area contributed by atoms with Gasteiger partial charge in [-0.1, -0.05) is 30.3 Å². The molecule has 1 N–H and O–H groups in total. The number of anilines is 2. The fourth-order valence-corrected chi connectivity index (χ4v) is 6.20. The fourth-order valence-electron chi connectivity index (χ4n) is 5.57. The van der Waals surface area contributed by atoms with E-state index in [2.05, 4.69) is 16.4 Å². The first-order chi connectivity index (χ1) is 18.4. The average molecular weight is 528 g/mol. The molecule has 0 saturated heterocycles. The Morgan fingerprint density at radius 1 is 1.11 bits per heavy atom. The Hall–Kier alpha value is -3.90. The summed E-state index contributed by atoms with van der Waals surface area (Å²) in [5.74, 6) is 0.903. The second-order valence-electron chi connectivity index (χ2n) is 10.5. The highest BCUT2D eigenvalue weighted by Gasteiger charge is 2.49. The molecule has 6 rings (SSSR count). The molecule has 0 unspecified atom stereocenters. The molecule has 1 spiro atoms. The second-order valence-corrected chi connectivity index (χ2v) is 12.6. The maximum atomic E-state index is 11.9. The van der Waals surface area contributed by atoms with Gasteiger partial charge in [0.05, 0.1) is 28.4 Å². The van der Waals surface area contributed by atoms with Crippen molar-refractivity contribution in [2.24, 2.45) is 11.3 Å². The minimum absolute atomic E-state index is 0.0405. The van der Waals surface area contributed by atoms with Crippen LogP contribution in [0, 0.1) is 22.7 Å². The van der Waals surface area contributed by atoms with Crippen LogP contribution >= 0.6 is 0 Å². The topological polar surface area (TPSA) is 110 Å². The first-order valence-electron chi connectivity index (χ1n) is 12.9. The van der Waals surface area contributed by atoms with Crippen LogP contribution in [0.5, 0.6) is 5.88 Å². The number of aromatic nitrogens is 3. The molecule has 4 aromatic rings. The minimum Gasteiger partial charge on any atom is -0.472 e. The summed E-state index contributed by atoms with van der Waals surface area (Å²) in [5, 5.41) is 19.1. The van der Waals surface area contributed by atoms with Gasteiger partial charge in [0, 0.05) is 18.1 Å². The van der Waals surface area contributed by atoms with E-state index in [1.54, 1.807) is 30.5 Å². The molecule has 0 radical (unpaired) electrons. The second kappa shape index (κ2) is 9.44. The van der Waals surface area contributed by atoms with Crippen LogP contribution in [0.2, 0.25) is 0 Å². The van der Waals surface area contributed by atoms with Gasteiger partial charge in [0.2, 0.25) is 5.88 Å². The number of benzene rings is 2. The smallest absolute Gasteiger partial charge is 0.227 e. The largest absolute Gasteiger partial charge is 0.472 e. The Morgan fingerprint density at radius 2 is 1.87 bits per heavy atom. The summed E-state index contributed by atoms with van der Waals surface area (Å²) in [6.45, 7) is 0.355. The third kappa shape index (κ3) is 4.72. The van der Waals surface area contributed by atoms with Gasteiger partial charge in [-0.15, -0.1) is 0 Å². The van der Waals surface area contributed by atoms with Gasteiger partial charge in [-0.05, 0) is 73.4 Å². The summed E-state index contributed by atoms with van der Waals surface area (Å²) in [4.78, 5) is 4.79. The molecule has 2 atom stereocenters. The van der Waals surface area contributed by atoms with Crippen LogP contribution in [0.15, 0.2) is 71.8 Å². The van der Waals surface area contributed by atoms with Crippen molar-refractivity contribution in [3.8, 4) is 11.9 Å². The number of ether oxygens (including phenoxy) is 1. The van der Waals surface area contributed by atoms with Crippen LogP contribution in [0.1, 0.15) is 43.7 Å². The third-order valence-electron chi connectivity index (χ3n) is 7.87. The fraction of sp³-hybridized carbons (Fsp3) is 0.345. The normalized spacial score (nSPS) is 20.2. The molecule has 0 aliphatic heterocycles. The van der Waals surface area contributed by atoms with Crippen LogP contribution in [-0.4, -0.2) is 29.4 Å². The van der Waals surface area contributed by atoms with E-state index in [1.165, 1.54) is 19.1 Å². The van der Waals surface area contributed by atoms with Crippen molar-refractivity contribution in [1.82, 2.24) is 14.8 Å². The summed E-state index contributed by atoms with van der Waals surface area (Å²) in [6.07, 6.45) is 8.26. The number of sulfone groups is 1. The lowest BCUT2D eigenvalue weighted by Crippen LogP contribution is -2.28. The highest BCUT2D eigenvalue weighted by molar-refractivity contribution is 7.90. The van der Waals surface area contributed by atoms with Crippen molar-refractivity contribution in [2.45, 2.75) is 49.6 Å². The van der Waals surface area contributed by atoms with E-state index < -0.39 is 9.84 Å². The highest BCUT2D eigenvalue weighted by Crippen LogP contribution is 2.59. The monoisotopic (exact) mass is 527 g/mol. The number of hydrogen-bond acceptors (Lipinski definition) is 7. The van der Waals surface area contributed by atoms with Gasteiger partial charge in [0.15, 0.2) is 15.7 Å². The number of pyridine rings is 1. The molecule has 2 fully saturated rings. The van der Waals surface area contributed by atoms with Gasteiger partial charge in [0.1, 0.15) is 12.0 Å². The number of nitrogens with zero attached hydrogens (tertiary/aromatic N) is 4. The molecular weight excluding hydrogens is 498 g/mol. The zero-order valence-electron chi connectivity index (χ0n) is 21.2. The van der Waals surface area contributed by atoms with Gasteiger partial charge in [-0.2, -0.15) is 10.4 Å². The Morgan fingerprint density at radius 3 is 2.55 bits per heavy atom. The summed E-state index contributed by atoms with van der Waals surface area (Å²) in [6, 6.07) is 20.9. The van der Waals surface area contributed by atoms with E-state index in [4.69, 9.17) is 9.84 Å². The maximum absolute atomic E-state index is 11.9. The zero-order valence-corrected chi connectivity index (χ0v) is 22.0. The summed E-state index contributed by atoms with van der Waals surface area (Å²) < 4.78 is 32.0. The number of nitriles is 1. The number of nitrogens with one attached hydrogen (secondary N) is 1. The Bertz CT molecular complexity index is 1620. The molecular formula is C29H29N5O3S. The molecule has 2 aromatic heterocycles. The maximum Gasteiger partial charge on any atom is 0.227 e. The van der Waals surface area contributed by atoms with Crippen LogP contribution in [-0.2, 0) is 16.4 Å². The van der Waals surface area contributed by atoms with Crippen molar-refractivity contribution < 1.29 is 13.2 Å². The van der Waals surface area contributed by atoms with Crippen LogP contribution in [0.3, 0.4) is 0 Å². The lowest BCUT2D eigenvalue weighted by molar-refractivity contribution is 0.200. The SMILES string of the molecule is CS(=O)(=O)c1ccc(Nc2nn([C@H]3CCC4(CC4)C[C@@H]3C#N)c3ccnc(OCc4ccccc4)c23)cc1. The van der Waals surface area contributed by atoms with Gasteiger partial charge >= 0.3 is 0 Å². The summed E-state index contributed by atoms with van der Waals surface area (Å²) >= 11 is 0. The van der Waals surface area contributed by atoms with Crippen molar-refractivity contribution in [1.29, 1.82) is 5.26 Å². The molecule has 9 heteroatoms. The van der Waals surface area contributed by atoms with Gasteiger partial charge < -0.3 is 10.1 Å². The molecule has 0 amide bonds. The summed E-state index contributed by atoms with van der Waals surface area (Å²) in [7, 11) is -3.30. The molecule has 2 saturated carbocycles. The zero-order chi connectivity index (χ0) is 26.3. The number of hydrogen-bond donors (Lipinski definition) is 1. The van der Waals surface area contributed by atoms with Crippen molar-refractivity contribution in [2.75, 3.05) is 11.6 Å². The first-order valence-corrected chi connectivity index (χ1v) is 14.8. The number of fused-ring (bicyclic) bond motifs is 1. The van der Waals surface area contributed by atoms with Crippen LogP contribution in [0.25, 0.3) is 10.9 Å². The van der Waals surface area contributed by atoms with Crippen LogP contribution < -0.4 is 10.1 Å². The molecule has 194 valence electrons. The predicted molar refractivity (Wildman–Crippen MR) is 145 cm³/mol. The third-order valence-corrected chi connectivity index (χ3v) is 9.00. The summed E-state index contributed by atoms with van der Waals surface area (Å²) in [5.41, 5.74) is 2.93. The molecule has 2 heterocycles. The van der Waals surface area contributed by atoms with E-state index in [0.717, 1.165) is 35.7 Å². The van der Waals surface area contributed by atoms with E-state index in [0.29, 0.717) is 29.4 Å². The van der Waals surface area contributed by atoms with Crippen LogP contribution in [0.4, 0.5) is 11.5 Å². The van der Waals surface area contributed by atoms with Crippen molar-refractivity contribution >= 4 is 32.2 Å². The molecule has 8 nitrogen and oxygen atoms in total. The van der Waals surface area contributed by atoms with E-state index >= 15 is 0 Å². The lowest BCUT2D eigenvalue weighted by atomic mass is 9.76.